The number of rotatable bonds is 2. The maximum absolute atomic E-state index is 12.1. The van der Waals surface area contributed by atoms with Crippen LogP contribution in [0.1, 0.15) is 12.1 Å². The molecule has 3 nitrogen and oxygen atoms in total. The smallest absolute Gasteiger partial charge is 0.284 e. The molecule has 0 aromatic carbocycles. The third-order valence-electron chi connectivity index (χ3n) is 1.29. The van der Waals surface area contributed by atoms with E-state index < -0.39 is 17.9 Å². The molecule has 0 bridgehead atoms. The predicted molar refractivity (Wildman–Crippen MR) is 37.4 cm³/mol. The molecule has 1 aromatic rings. The number of alkyl halides is 2. The van der Waals surface area contributed by atoms with E-state index in [9.17, 15) is 8.78 Å². The fraction of sp³-hybridized carbons (Fsp3) is 0.286. The van der Waals surface area contributed by atoms with Gasteiger partial charge in [-0.15, -0.1) is 0 Å². The summed E-state index contributed by atoms with van der Waals surface area (Å²) in [6, 6.07) is 2.43. The Hall–Kier alpha value is -1.39. The van der Waals surface area contributed by atoms with Crippen molar-refractivity contribution < 1.29 is 18.6 Å². The van der Waals surface area contributed by atoms with Crippen LogP contribution >= 0.6 is 0 Å². The van der Waals surface area contributed by atoms with Crippen molar-refractivity contribution >= 4 is 0 Å². The minimum atomic E-state index is -2.79. The molecule has 0 fully saturated rings. The molecular formula is C7H7F2NO2. The molecule has 5 heteroatoms. The van der Waals surface area contributed by atoms with Gasteiger partial charge >= 0.3 is 0 Å². The molecule has 0 aliphatic heterocycles. The lowest BCUT2D eigenvalue weighted by molar-refractivity contribution is 0.140. The van der Waals surface area contributed by atoms with E-state index in [4.69, 9.17) is 5.11 Å². The van der Waals surface area contributed by atoms with Crippen LogP contribution in [0, 0.1) is 0 Å². The minimum Gasteiger partial charge on any atom is -0.506 e. The summed E-state index contributed by atoms with van der Waals surface area (Å²) in [5, 5.41) is 8.90. The maximum atomic E-state index is 12.1. The van der Waals surface area contributed by atoms with E-state index in [1.807, 2.05) is 0 Å². The standard InChI is InChI=1S/C7H7F2NO2/c1-12-5-3-2-4(11)6(10-5)7(8)9/h2-3,7,11H,1H3. The monoisotopic (exact) mass is 175 g/mol. The second-order valence-electron chi connectivity index (χ2n) is 2.06. The molecule has 1 aromatic heterocycles. The number of hydrogen-bond donors (Lipinski definition) is 1. The van der Waals surface area contributed by atoms with Crippen LogP contribution in [0.2, 0.25) is 0 Å². The molecule has 0 aliphatic rings. The zero-order chi connectivity index (χ0) is 9.14. The topological polar surface area (TPSA) is 42.4 Å². The van der Waals surface area contributed by atoms with Crippen LogP contribution in [-0.4, -0.2) is 17.2 Å². The van der Waals surface area contributed by atoms with Gasteiger partial charge in [-0.1, -0.05) is 0 Å². The Labute approximate surface area is 67.6 Å². The third kappa shape index (κ3) is 1.61. The Morgan fingerprint density at radius 3 is 2.67 bits per heavy atom. The molecule has 1 heterocycles. The van der Waals surface area contributed by atoms with Gasteiger partial charge in [0, 0.05) is 6.07 Å². The van der Waals surface area contributed by atoms with Crippen molar-refractivity contribution in [2.45, 2.75) is 6.43 Å². The summed E-state index contributed by atoms with van der Waals surface area (Å²) in [5.74, 6) is -0.464. The summed E-state index contributed by atoms with van der Waals surface area (Å²) in [5.41, 5.74) is -0.658. The predicted octanol–water partition coefficient (Wildman–Crippen LogP) is 1.73. The van der Waals surface area contributed by atoms with Gasteiger partial charge in [-0.05, 0) is 6.07 Å². The highest BCUT2D eigenvalue weighted by atomic mass is 19.3. The van der Waals surface area contributed by atoms with Crippen molar-refractivity contribution in [2.75, 3.05) is 7.11 Å². The Morgan fingerprint density at radius 1 is 1.50 bits per heavy atom. The van der Waals surface area contributed by atoms with E-state index in [0.29, 0.717) is 0 Å². The SMILES string of the molecule is COc1ccc(O)c(C(F)F)n1. The van der Waals surface area contributed by atoms with Gasteiger partial charge in [0.15, 0.2) is 5.69 Å². The summed E-state index contributed by atoms with van der Waals surface area (Å²) >= 11 is 0. The second kappa shape index (κ2) is 3.34. The van der Waals surface area contributed by atoms with Gasteiger partial charge < -0.3 is 9.84 Å². The van der Waals surface area contributed by atoms with E-state index in [1.165, 1.54) is 13.2 Å². The van der Waals surface area contributed by atoms with Crippen LogP contribution in [0.4, 0.5) is 8.78 Å². The van der Waals surface area contributed by atoms with Gasteiger partial charge in [0.05, 0.1) is 7.11 Å². The largest absolute Gasteiger partial charge is 0.506 e. The lowest BCUT2D eigenvalue weighted by Gasteiger charge is -2.03. The van der Waals surface area contributed by atoms with E-state index >= 15 is 0 Å². The Balaban J connectivity index is 3.08. The fourth-order valence-electron chi connectivity index (χ4n) is 0.723. The lowest BCUT2D eigenvalue weighted by atomic mass is 10.3. The second-order valence-corrected chi connectivity index (χ2v) is 2.06. The number of methoxy groups -OCH3 is 1. The zero-order valence-corrected chi connectivity index (χ0v) is 6.29. The van der Waals surface area contributed by atoms with Gasteiger partial charge in [-0.25, -0.2) is 13.8 Å². The van der Waals surface area contributed by atoms with Crippen LogP contribution in [0.3, 0.4) is 0 Å². The first kappa shape index (κ1) is 8.70. The van der Waals surface area contributed by atoms with Crippen molar-refractivity contribution in [2.24, 2.45) is 0 Å². The highest BCUT2D eigenvalue weighted by molar-refractivity contribution is 5.30. The summed E-state index contributed by atoms with van der Waals surface area (Å²) < 4.78 is 28.7. The number of nitrogens with zero attached hydrogens (tertiary/aromatic N) is 1. The average molecular weight is 175 g/mol. The molecule has 0 saturated heterocycles. The number of hydrogen-bond acceptors (Lipinski definition) is 3. The Morgan fingerprint density at radius 2 is 2.17 bits per heavy atom. The van der Waals surface area contributed by atoms with Gasteiger partial charge in [0.1, 0.15) is 5.75 Å². The van der Waals surface area contributed by atoms with Crippen LogP contribution in [0.5, 0.6) is 11.6 Å². The number of aromatic hydroxyl groups is 1. The van der Waals surface area contributed by atoms with E-state index in [0.717, 1.165) is 6.07 Å². The van der Waals surface area contributed by atoms with Crippen molar-refractivity contribution in [1.82, 2.24) is 4.98 Å². The number of ether oxygens (including phenoxy) is 1. The first-order valence-electron chi connectivity index (χ1n) is 3.17. The molecule has 0 radical (unpaired) electrons. The van der Waals surface area contributed by atoms with E-state index in [2.05, 4.69) is 9.72 Å². The Bertz CT molecular complexity index is 278. The summed E-state index contributed by atoms with van der Waals surface area (Å²) in [4.78, 5) is 3.37. The van der Waals surface area contributed by atoms with Gasteiger partial charge in [0.2, 0.25) is 5.88 Å². The molecule has 0 atom stereocenters. The molecule has 0 saturated carbocycles. The zero-order valence-electron chi connectivity index (χ0n) is 6.29. The molecule has 66 valence electrons. The maximum Gasteiger partial charge on any atom is 0.284 e. The molecule has 0 spiro atoms. The molecule has 0 aliphatic carbocycles. The van der Waals surface area contributed by atoms with Crippen molar-refractivity contribution in [1.29, 1.82) is 0 Å². The molecule has 1 rings (SSSR count). The van der Waals surface area contributed by atoms with Crippen molar-refractivity contribution in [3.63, 3.8) is 0 Å². The minimum absolute atomic E-state index is 0.0584. The van der Waals surface area contributed by atoms with E-state index in [-0.39, 0.29) is 5.88 Å². The van der Waals surface area contributed by atoms with Gasteiger partial charge in [0.25, 0.3) is 6.43 Å². The summed E-state index contributed by atoms with van der Waals surface area (Å²) in [6.07, 6.45) is -2.79. The fourth-order valence-corrected chi connectivity index (χ4v) is 0.723. The van der Waals surface area contributed by atoms with Gasteiger partial charge in [-0.3, -0.25) is 0 Å². The van der Waals surface area contributed by atoms with Crippen LogP contribution in [0.15, 0.2) is 12.1 Å². The molecule has 0 unspecified atom stereocenters. The first-order chi connectivity index (χ1) is 5.65. The first-order valence-corrected chi connectivity index (χ1v) is 3.17. The van der Waals surface area contributed by atoms with Crippen LogP contribution in [-0.2, 0) is 0 Å². The highest BCUT2D eigenvalue weighted by Crippen LogP contribution is 2.27. The average Bonchev–Trinajstić information content (AvgIpc) is 2.05. The molecule has 0 amide bonds. The Kier molecular flexibility index (Phi) is 2.42. The van der Waals surface area contributed by atoms with Crippen molar-refractivity contribution in [3.05, 3.63) is 17.8 Å². The van der Waals surface area contributed by atoms with Crippen LogP contribution in [0.25, 0.3) is 0 Å². The van der Waals surface area contributed by atoms with Crippen LogP contribution < -0.4 is 4.74 Å². The number of aromatic nitrogens is 1. The summed E-state index contributed by atoms with van der Waals surface area (Å²) in [6.45, 7) is 0. The highest BCUT2D eigenvalue weighted by Gasteiger charge is 2.15. The number of halogens is 2. The quantitative estimate of drug-likeness (QED) is 0.744. The van der Waals surface area contributed by atoms with Crippen molar-refractivity contribution in [3.8, 4) is 11.6 Å². The van der Waals surface area contributed by atoms with E-state index in [1.54, 1.807) is 0 Å². The molecule has 1 N–H and O–H groups in total. The number of pyridine rings is 1. The molecular weight excluding hydrogens is 168 g/mol. The lowest BCUT2D eigenvalue weighted by Crippen LogP contribution is -1.94. The third-order valence-corrected chi connectivity index (χ3v) is 1.29. The molecule has 12 heavy (non-hydrogen) atoms. The summed E-state index contributed by atoms with van der Waals surface area (Å²) in [7, 11) is 1.31. The van der Waals surface area contributed by atoms with Gasteiger partial charge in [-0.2, -0.15) is 0 Å². The normalized spacial score (nSPS) is 10.3.